The number of piperidine rings is 1. The van der Waals surface area contributed by atoms with Crippen molar-refractivity contribution >= 4 is 36.0 Å². The van der Waals surface area contributed by atoms with Crippen LogP contribution < -0.4 is 5.32 Å². The highest BCUT2D eigenvalue weighted by molar-refractivity contribution is 14.0. The third-order valence-electron chi connectivity index (χ3n) is 4.48. The molecule has 27 heavy (non-hydrogen) atoms. The van der Waals surface area contributed by atoms with Crippen molar-refractivity contribution in [1.29, 1.82) is 0 Å². The van der Waals surface area contributed by atoms with Crippen LogP contribution in [0.1, 0.15) is 52.9 Å². The zero-order valence-electron chi connectivity index (χ0n) is 17.8. The maximum Gasteiger partial charge on any atom is 0.410 e. The van der Waals surface area contributed by atoms with Crippen molar-refractivity contribution in [3.63, 3.8) is 0 Å². The lowest BCUT2D eigenvalue weighted by molar-refractivity contribution is 0.0162. The average molecular weight is 494 g/mol. The van der Waals surface area contributed by atoms with E-state index in [9.17, 15) is 4.79 Å². The number of hydrogen-bond donors (Lipinski definition) is 1. The van der Waals surface area contributed by atoms with Crippen molar-refractivity contribution in [2.45, 2.75) is 58.5 Å². The fraction of sp³-hybridized carbons (Fsp3) is 0.800. The standard InChI is InChI=1S/C20H38N4O2.HI/c1-7-8-9-14-23(6)18(21-5)22-13-12-17-11-10-15-24(16-17)19(25)26-20(2,3)4;/h7,17H,1,8-16H2,2-6H3,(H,21,22);1H. The molecule has 1 aliphatic rings. The van der Waals surface area contributed by atoms with Gasteiger partial charge in [0, 0.05) is 40.3 Å². The summed E-state index contributed by atoms with van der Waals surface area (Å²) >= 11 is 0. The van der Waals surface area contributed by atoms with Crippen molar-refractivity contribution in [3.05, 3.63) is 12.7 Å². The lowest BCUT2D eigenvalue weighted by Crippen LogP contribution is -2.44. The minimum Gasteiger partial charge on any atom is -0.444 e. The molecule has 0 bridgehead atoms. The van der Waals surface area contributed by atoms with Crippen LogP contribution in [0, 0.1) is 5.92 Å². The molecule has 1 rings (SSSR count). The van der Waals surface area contributed by atoms with Gasteiger partial charge >= 0.3 is 6.09 Å². The maximum absolute atomic E-state index is 12.3. The number of likely N-dealkylation sites (tertiary alicyclic amines) is 1. The monoisotopic (exact) mass is 494 g/mol. The van der Waals surface area contributed by atoms with Crippen LogP contribution in [0.25, 0.3) is 0 Å². The number of carbonyl (C=O) groups is 1. The second-order valence-corrected chi connectivity index (χ2v) is 8.05. The number of hydrogen-bond acceptors (Lipinski definition) is 3. The van der Waals surface area contributed by atoms with E-state index in [0.717, 1.165) is 64.2 Å². The Balaban J connectivity index is 0.00000676. The van der Waals surface area contributed by atoms with Crippen LogP contribution in [0.5, 0.6) is 0 Å². The molecular weight excluding hydrogens is 455 g/mol. The van der Waals surface area contributed by atoms with E-state index in [-0.39, 0.29) is 30.1 Å². The predicted molar refractivity (Wildman–Crippen MR) is 124 cm³/mol. The van der Waals surface area contributed by atoms with E-state index in [1.165, 1.54) is 0 Å². The number of carbonyl (C=O) groups excluding carboxylic acids is 1. The molecule has 1 unspecified atom stereocenters. The third-order valence-corrected chi connectivity index (χ3v) is 4.48. The maximum atomic E-state index is 12.3. The second-order valence-electron chi connectivity index (χ2n) is 8.05. The fourth-order valence-corrected chi connectivity index (χ4v) is 3.14. The summed E-state index contributed by atoms with van der Waals surface area (Å²) in [6.45, 7) is 12.9. The minimum absolute atomic E-state index is 0. The Morgan fingerprint density at radius 1 is 1.44 bits per heavy atom. The first-order valence-electron chi connectivity index (χ1n) is 9.77. The molecule has 1 fully saturated rings. The summed E-state index contributed by atoms with van der Waals surface area (Å²) in [5.74, 6) is 1.43. The van der Waals surface area contributed by atoms with Crippen LogP contribution in [0.2, 0.25) is 0 Å². The van der Waals surface area contributed by atoms with Crippen molar-refractivity contribution in [2.24, 2.45) is 10.9 Å². The second kappa shape index (κ2) is 13.2. The zero-order valence-corrected chi connectivity index (χ0v) is 20.1. The molecule has 1 amide bonds. The summed E-state index contributed by atoms with van der Waals surface area (Å²) in [6, 6.07) is 0. The van der Waals surface area contributed by atoms with Gasteiger partial charge in [0.25, 0.3) is 0 Å². The van der Waals surface area contributed by atoms with Gasteiger partial charge in [0.2, 0.25) is 0 Å². The van der Waals surface area contributed by atoms with Gasteiger partial charge in [-0.1, -0.05) is 6.08 Å². The molecule has 0 aliphatic carbocycles. The van der Waals surface area contributed by atoms with Gasteiger partial charge in [-0.3, -0.25) is 4.99 Å². The number of unbranched alkanes of at least 4 members (excludes halogenated alkanes) is 1. The summed E-state index contributed by atoms with van der Waals surface area (Å²) < 4.78 is 5.50. The predicted octanol–water partition coefficient (Wildman–Crippen LogP) is 4.12. The van der Waals surface area contributed by atoms with Crippen LogP contribution in [0.4, 0.5) is 4.79 Å². The summed E-state index contributed by atoms with van der Waals surface area (Å²) in [6.07, 6.45) is 7.09. The summed E-state index contributed by atoms with van der Waals surface area (Å²) in [5.41, 5.74) is -0.436. The van der Waals surface area contributed by atoms with E-state index in [0.29, 0.717) is 5.92 Å². The Morgan fingerprint density at radius 3 is 2.74 bits per heavy atom. The molecule has 1 saturated heterocycles. The van der Waals surface area contributed by atoms with Gasteiger partial charge in [-0.2, -0.15) is 0 Å². The lowest BCUT2D eigenvalue weighted by atomic mass is 9.95. The molecule has 1 atom stereocenters. The van der Waals surface area contributed by atoms with E-state index in [4.69, 9.17) is 4.74 Å². The van der Waals surface area contributed by atoms with E-state index in [1.54, 1.807) is 0 Å². The van der Waals surface area contributed by atoms with Crippen molar-refractivity contribution in [2.75, 3.05) is 40.3 Å². The quantitative estimate of drug-likeness (QED) is 0.190. The third kappa shape index (κ3) is 10.8. The van der Waals surface area contributed by atoms with Crippen LogP contribution >= 0.6 is 24.0 Å². The van der Waals surface area contributed by atoms with Crippen LogP contribution in [-0.2, 0) is 4.74 Å². The molecule has 1 heterocycles. The number of halogens is 1. The largest absolute Gasteiger partial charge is 0.444 e. The highest BCUT2D eigenvalue weighted by atomic mass is 127. The van der Waals surface area contributed by atoms with Gasteiger partial charge in [0.1, 0.15) is 5.60 Å². The first-order chi connectivity index (χ1) is 12.3. The summed E-state index contributed by atoms with van der Waals surface area (Å²) in [7, 11) is 3.88. The molecular formula is C20H39IN4O2. The number of rotatable bonds is 7. The van der Waals surface area contributed by atoms with Crippen molar-refractivity contribution < 1.29 is 9.53 Å². The molecule has 0 radical (unpaired) electrons. The Labute approximate surface area is 182 Å². The van der Waals surface area contributed by atoms with Gasteiger partial charge < -0.3 is 19.9 Å². The molecule has 0 aromatic heterocycles. The van der Waals surface area contributed by atoms with Gasteiger partial charge in [-0.05, 0) is 58.8 Å². The molecule has 1 aliphatic heterocycles. The Hall–Kier alpha value is -0.990. The van der Waals surface area contributed by atoms with Crippen LogP contribution in [0.15, 0.2) is 17.6 Å². The van der Waals surface area contributed by atoms with Gasteiger partial charge in [-0.25, -0.2) is 4.79 Å². The number of aliphatic imine (C=N–C) groups is 1. The SMILES string of the molecule is C=CCCCN(C)C(=NC)NCCC1CCCN(C(=O)OC(C)(C)C)C1.I. The molecule has 0 aromatic rings. The molecule has 0 aromatic carbocycles. The van der Waals surface area contributed by atoms with Gasteiger partial charge in [0.05, 0.1) is 0 Å². The number of amides is 1. The average Bonchev–Trinajstić information content (AvgIpc) is 2.57. The van der Waals surface area contributed by atoms with E-state index >= 15 is 0 Å². The number of guanidine groups is 1. The molecule has 158 valence electrons. The number of ether oxygens (including phenoxy) is 1. The molecule has 0 saturated carbocycles. The van der Waals surface area contributed by atoms with E-state index in [2.05, 4.69) is 28.8 Å². The highest BCUT2D eigenvalue weighted by Gasteiger charge is 2.27. The molecule has 6 nitrogen and oxygen atoms in total. The molecule has 7 heteroatoms. The summed E-state index contributed by atoms with van der Waals surface area (Å²) in [5, 5.41) is 3.44. The molecule has 1 N–H and O–H groups in total. The van der Waals surface area contributed by atoms with E-state index in [1.807, 2.05) is 38.8 Å². The fourth-order valence-electron chi connectivity index (χ4n) is 3.14. The van der Waals surface area contributed by atoms with Crippen LogP contribution in [-0.4, -0.2) is 67.7 Å². The number of nitrogens with one attached hydrogen (secondary N) is 1. The topological polar surface area (TPSA) is 57.2 Å². The molecule has 0 spiro atoms. The normalized spacial score (nSPS) is 17.7. The summed E-state index contributed by atoms with van der Waals surface area (Å²) in [4.78, 5) is 20.6. The first-order valence-corrected chi connectivity index (χ1v) is 9.77. The Morgan fingerprint density at radius 2 is 2.15 bits per heavy atom. The smallest absolute Gasteiger partial charge is 0.410 e. The first kappa shape index (κ1) is 26.0. The zero-order chi connectivity index (χ0) is 19.6. The minimum atomic E-state index is -0.436. The Kier molecular flexibility index (Phi) is 12.7. The van der Waals surface area contributed by atoms with Gasteiger partial charge in [-0.15, -0.1) is 30.6 Å². The van der Waals surface area contributed by atoms with Crippen molar-refractivity contribution in [3.8, 4) is 0 Å². The Bertz CT molecular complexity index is 477. The van der Waals surface area contributed by atoms with Crippen molar-refractivity contribution in [1.82, 2.24) is 15.1 Å². The number of allylic oxidation sites excluding steroid dienone is 1. The van der Waals surface area contributed by atoms with Crippen LogP contribution in [0.3, 0.4) is 0 Å². The van der Waals surface area contributed by atoms with Gasteiger partial charge in [0.15, 0.2) is 5.96 Å². The number of nitrogens with zero attached hydrogens (tertiary/aromatic N) is 3. The lowest BCUT2D eigenvalue weighted by Gasteiger charge is -2.34. The highest BCUT2D eigenvalue weighted by Crippen LogP contribution is 2.21. The van der Waals surface area contributed by atoms with E-state index < -0.39 is 5.60 Å².